The molecule has 500 valence electrons. The van der Waals surface area contributed by atoms with Gasteiger partial charge in [0.2, 0.25) is 19.7 Å². The Labute approximate surface area is 611 Å². The Morgan fingerprint density at radius 2 is 0.500 bits per heavy atom. The zero-order chi connectivity index (χ0) is 70.5. The van der Waals surface area contributed by atoms with E-state index >= 15 is 0 Å². The SMILES string of the molecule is O=S(=O)(c1ccc(-c2ccc(N(c3ccccc3)c3ccc(-c4ccc5c6cc(-c7ccc8c(c7)-c7cc(-c9ccc(N(c%10ccccc%10)c%10ccccc%10)cc9)ccc7S8(=O)=O)cc7c8ccccc8n(c5c4)c76)cc3)cc2)cc1)c1ccc(-c2cc3c4ccccc4n4c5ccccc5c(c2)c34)cc1. The number of anilines is 6. The lowest BCUT2D eigenvalue weighted by molar-refractivity contribution is 0.595. The van der Waals surface area contributed by atoms with Crippen LogP contribution in [0.5, 0.6) is 0 Å². The molecule has 1 aliphatic rings. The molecule has 0 unspecified atom stereocenters. The fourth-order valence-corrected chi connectivity index (χ4v) is 19.6. The summed E-state index contributed by atoms with van der Waals surface area (Å²) in [5, 5.41) is 9.27. The van der Waals surface area contributed by atoms with E-state index in [0.717, 1.165) is 128 Å². The normalized spacial score (nSPS) is 12.8. The second-order valence-electron chi connectivity index (χ2n) is 27.6. The fraction of sp³-hybridized carbons (Fsp3) is 0. The van der Waals surface area contributed by atoms with E-state index in [1.807, 2.05) is 84.9 Å². The van der Waals surface area contributed by atoms with Crippen LogP contribution in [0.4, 0.5) is 34.1 Å². The Kier molecular flexibility index (Phi) is 13.6. The molecule has 10 heteroatoms. The van der Waals surface area contributed by atoms with Gasteiger partial charge in [-0.3, -0.25) is 0 Å². The number of sulfone groups is 2. The number of aromatic nitrogens is 2. The molecule has 0 radical (unpaired) electrons. The molecule has 0 atom stereocenters. The van der Waals surface area contributed by atoms with Gasteiger partial charge in [-0.2, -0.15) is 0 Å². The van der Waals surface area contributed by atoms with Gasteiger partial charge in [-0.15, -0.1) is 0 Å². The molecule has 20 aromatic rings. The van der Waals surface area contributed by atoms with Crippen LogP contribution in [0.2, 0.25) is 0 Å². The van der Waals surface area contributed by atoms with E-state index in [1.165, 1.54) is 38.1 Å². The lowest BCUT2D eigenvalue weighted by Gasteiger charge is -2.26. The molecule has 106 heavy (non-hydrogen) atoms. The van der Waals surface area contributed by atoms with Crippen molar-refractivity contribution < 1.29 is 16.8 Å². The van der Waals surface area contributed by atoms with Gasteiger partial charge < -0.3 is 18.6 Å². The zero-order valence-electron chi connectivity index (χ0n) is 56.9. The Balaban J connectivity index is 0.558. The maximum atomic E-state index is 14.3. The van der Waals surface area contributed by atoms with Gasteiger partial charge in [0.05, 0.1) is 52.7 Å². The van der Waals surface area contributed by atoms with Gasteiger partial charge in [0.15, 0.2) is 0 Å². The summed E-state index contributed by atoms with van der Waals surface area (Å²) in [7, 11) is -7.59. The highest BCUT2D eigenvalue weighted by atomic mass is 32.2. The quantitative estimate of drug-likeness (QED) is 0.114. The van der Waals surface area contributed by atoms with E-state index in [2.05, 4.69) is 261 Å². The molecule has 0 saturated heterocycles. The molecule has 0 saturated carbocycles. The molecule has 0 amide bonds. The minimum absolute atomic E-state index is 0.236. The Morgan fingerprint density at radius 3 is 0.896 bits per heavy atom. The Hall–Kier alpha value is -13.4. The minimum atomic E-state index is -3.83. The number of hydrogen-bond acceptors (Lipinski definition) is 6. The van der Waals surface area contributed by atoms with Crippen LogP contribution < -0.4 is 9.80 Å². The smallest absolute Gasteiger partial charge is 0.207 e. The van der Waals surface area contributed by atoms with Crippen molar-refractivity contribution in [2.45, 2.75) is 19.6 Å². The first kappa shape index (κ1) is 61.3. The molecule has 0 spiro atoms. The van der Waals surface area contributed by atoms with E-state index in [4.69, 9.17) is 0 Å². The van der Waals surface area contributed by atoms with E-state index in [0.29, 0.717) is 20.9 Å². The molecule has 0 aliphatic carbocycles. The van der Waals surface area contributed by atoms with Gasteiger partial charge in [-0.05, 0) is 225 Å². The average molecular weight is 1400 g/mol. The third kappa shape index (κ3) is 9.51. The van der Waals surface area contributed by atoms with Crippen molar-refractivity contribution in [3.8, 4) is 66.8 Å². The summed E-state index contributed by atoms with van der Waals surface area (Å²) < 4.78 is 62.0. The Bertz CT molecular complexity index is 7040. The summed E-state index contributed by atoms with van der Waals surface area (Å²) >= 11 is 0. The lowest BCUT2D eigenvalue weighted by atomic mass is 9.94. The highest BCUT2D eigenvalue weighted by Gasteiger charge is 2.34. The van der Waals surface area contributed by atoms with Crippen molar-refractivity contribution in [3.05, 3.63) is 364 Å². The molecule has 0 bridgehead atoms. The highest BCUT2D eigenvalue weighted by molar-refractivity contribution is 7.92. The van der Waals surface area contributed by atoms with Crippen molar-refractivity contribution in [1.82, 2.24) is 8.80 Å². The van der Waals surface area contributed by atoms with Gasteiger partial charge >= 0.3 is 0 Å². The van der Waals surface area contributed by atoms with E-state index in [-0.39, 0.29) is 9.79 Å². The largest absolute Gasteiger partial charge is 0.311 e. The second kappa shape index (κ2) is 23.6. The van der Waals surface area contributed by atoms with Crippen LogP contribution in [0.15, 0.2) is 384 Å². The molecule has 8 nitrogen and oxygen atoms in total. The van der Waals surface area contributed by atoms with Gasteiger partial charge in [0.1, 0.15) is 0 Å². The summed E-state index contributed by atoms with van der Waals surface area (Å²) in [6.45, 7) is 0. The average Bonchev–Trinajstić information content (AvgIpc) is 1.55. The summed E-state index contributed by atoms with van der Waals surface area (Å²) in [4.78, 5) is 5.61. The molecule has 4 aromatic heterocycles. The molecular formula is C96H60N4O4S2. The summed E-state index contributed by atoms with van der Waals surface area (Å²) in [6.07, 6.45) is 0. The number of hydrogen-bond donors (Lipinski definition) is 0. The first-order valence-electron chi connectivity index (χ1n) is 35.5. The number of fused-ring (bicyclic) bond motifs is 15. The predicted molar refractivity (Wildman–Crippen MR) is 435 cm³/mol. The van der Waals surface area contributed by atoms with Crippen LogP contribution in [0.3, 0.4) is 0 Å². The second-order valence-corrected chi connectivity index (χ2v) is 31.4. The van der Waals surface area contributed by atoms with Gasteiger partial charge in [0.25, 0.3) is 0 Å². The van der Waals surface area contributed by atoms with Crippen molar-refractivity contribution in [2.24, 2.45) is 0 Å². The number of nitrogens with zero attached hydrogens (tertiary/aromatic N) is 4. The summed E-state index contributed by atoms with van der Waals surface area (Å²) in [5.41, 5.74) is 24.3. The zero-order valence-corrected chi connectivity index (χ0v) is 58.5. The van der Waals surface area contributed by atoms with Crippen molar-refractivity contribution in [3.63, 3.8) is 0 Å². The highest BCUT2D eigenvalue weighted by Crippen LogP contribution is 2.50. The number of rotatable bonds is 13. The monoisotopic (exact) mass is 1400 g/mol. The van der Waals surface area contributed by atoms with Crippen LogP contribution in [0, 0.1) is 0 Å². The third-order valence-electron chi connectivity index (χ3n) is 21.7. The van der Waals surface area contributed by atoms with Crippen LogP contribution in [-0.2, 0) is 19.7 Å². The van der Waals surface area contributed by atoms with Gasteiger partial charge in [0, 0.05) is 88.3 Å². The lowest BCUT2D eigenvalue weighted by Crippen LogP contribution is -2.09. The number of benzene rings is 16. The molecule has 5 heterocycles. The van der Waals surface area contributed by atoms with Crippen molar-refractivity contribution in [1.29, 1.82) is 0 Å². The molecule has 16 aromatic carbocycles. The maximum absolute atomic E-state index is 14.3. The summed E-state index contributed by atoms with van der Waals surface area (Å²) in [5.74, 6) is 0. The number of para-hydroxylation sites is 6. The van der Waals surface area contributed by atoms with Gasteiger partial charge in [-0.1, -0.05) is 194 Å². The molecule has 0 fully saturated rings. The van der Waals surface area contributed by atoms with E-state index in [9.17, 15) is 16.8 Å². The van der Waals surface area contributed by atoms with Crippen molar-refractivity contribution >= 4 is 130 Å². The molecule has 0 N–H and O–H groups in total. The molecule has 1 aliphatic heterocycles. The molecule has 21 rings (SSSR count). The topological polar surface area (TPSA) is 83.6 Å². The van der Waals surface area contributed by atoms with E-state index in [1.54, 1.807) is 36.4 Å². The van der Waals surface area contributed by atoms with Crippen molar-refractivity contribution in [2.75, 3.05) is 9.80 Å². The molecular weight excluding hydrogens is 1340 g/mol. The third-order valence-corrected chi connectivity index (χ3v) is 25.4. The Morgan fingerprint density at radius 1 is 0.226 bits per heavy atom. The first-order valence-corrected chi connectivity index (χ1v) is 38.5. The maximum Gasteiger partial charge on any atom is 0.207 e. The minimum Gasteiger partial charge on any atom is -0.311 e. The standard InChI is InChI=1S/C96H60N4O4S2/c101-105(102,78-49-36-65(37-50-78)69-56-85-79-22-10-13-25-89(79)99-90-26-14-11-23-80(90)86(57-69)95(85)99)77-47-34-62(35-48-77)61-28-41-75(42-29-61)98(73-20-8-3-9-21-73)76-45-32-64(33-46-76)68-38-51-82-88-59-70(58-87-81-24-12-15-27-91(81)100(96(87)88)92(82)60-68)67-40-53-94-84(55-67)83-54-66(39-52-93(83)106(94,103)104)63-30-43-74(44-31-63)97(71-16-4-1-5-17-71)72-18-6-2-7-19-72/h1-60H. The predicted octanol–water partition coefficient (Wildman–Crippen LogP) is 24.9. The fourth-order valence-electron chi connectivity index (χ4n) is 16.7. The van der Waals surface area contributed by atoms with Crippen LogP contribution >= 0.6 is 0 Å². The first-order chi connectivity index (χ1) is 52.1. The van der Waals surface area contributed by atoms with Crippen LogP contribution in [0.1, 0.15) is 0 Å². The van der Waals surface area contributed by atoms with Crippen LogP contribution in [-0.4, -0.2) is 25.6 Å². The van der Waals surface area contributed by atoms with E-state index < -0.39 is 19.7 Å². The van der Waals surface area contributed by atoms with Gasteiger partial charge in [-0.25, -0.2) is 16.8 Å². The van der Waals surface area contributed by atoms with Crippen LogP contribution in [0.25, 0.3) is 143 Å². The summed E-state index contributed by atoms with van der Waals surface area (Å²) in [6, 6.07) is 124.